The normalized spacial score (nSPS) is 22.2. The molecule has 0 bridgehead atoms. The van der Waals surface area contributed by atoms with Crippen LogP contribution >= 0.6 is 0 Å². The second-order valence-corrected chi connectivity index (χ2v) is 10.3. The zero-order chi connectivity index (χ0) is 28.8. The minimum absolute atomic E-state index is 0.00400. The first-order chi connectivity index (χ1) is 19.0. The Balaban J connectivity index is 1.31. The van der Waals surface area contributed by atoms with Crippen molar-refractivity contribution in [3.8, 4) is 6.07 Å². The summed E-state index contributed by atoms with van der Waals surface area (Å²) in [7, 11) is 0. The number of nitriles is 1. The molecule has 2 aromatic carbocycles. The largest absolute Gasteiger partial charge is 0.490 e. The number of carbonyl (C=O) groups is 2. The molecule has 0 N–H and O–H groups in total. The number of ether oxygens (including phenoxy) is 3. The molecule has 3 atom stereocenters. The zero-order valence-electron chi connectivity index (χ0n) is 21.9. The van der Waals surface area contributed by atoms with Crippen LogP contribution in [0.4, 0.5) is 17.6 Å². The number of morpholine rings is 1. The molecule has 40 heavy (non-hydrogen) atoms. The third-order valence-electron chi connectivity index (χ3n) is 7.82. The van der Waals surface area contributed by atoms with Crippen molar-refractivity contribution < 1.29 is 41.4 Å². The highest BCUT2D eigenvalue weighted by Gasteiger charge is 2.44. The number of nitrogens with zero attached hydrogens (tertiary/aromatic N) is 3. The van der Waals surface area contributed by atoms with Crippen LogP contribution < -0.4 is 0 Å². The average molecular weight is 562 g/mol. The molecule has 2 saturated heterocycles. The molecule has 0 aliphatic carbocycles. The second-order valence-electron chi connectivity index (χ2n) is 10.3. The molecule has 0 spiro atoms. The number of benzene rings is 2. The van der Waals surface area contributed by atoms with E-state index in [4.69, 9.17) is 14.2 Å². The molecule has 0 radical (unpaired) electrons. The minimum Gasteiger partial charge on any atom is -0.457 e. The number of halogens is 4. The van der Waals surface area contributed by atoms with E-state index in [1.54, 1.807) is 32.0 Å². The highest BCUT2D eigenvalue weighted by molar-refractivity contribution is 5.93. The van der Waals surface area contributed by atoms with Gasteiger partial charge in [-0.3, -0.25) is 9.80 Å². The maximum atomic E-state index is 14.0. The highest BCUT2D eigenvalue weighted by Crippen LogP contribution is 2.34. The fourth-order valence-electron chi connectivity index (χ4n) is 5.66. The first-order valence-corrected chi connectivity index (χ1v) is 12.8. The number of hydrogen-bond donors (Lipinski definition) is 0. The molecule has 8 nitrogen and oxygen atoms in total. The lowest BCUT2D eigenvalue weighted by atomic mass is 9.95. The second kappa shape index (κ2) is 10.8. The van der Waals surface area contributed by atoms with Gasteiger partial charge in [-0.05, 0) is 54.3 Å². The summed E-state index contributed by atoms with van der Waals surface area (Å²) in [5.74, 6) is -3.36. The van der Waals surface area contributed by atoms with Crippen molar-refractivity contribution in [2.75, 3.05) is 39.3 Å². The van der Waals surface area contributed by atoms with Gasteiger partial charge in [0.15, 0.2) is 0 Å². The van der Waals surface area contributed by atoms with E-state index in [2.05, 4.69) is 4.90 Å². The van der Waals surface area contributed by atoms with E-state index in [1.165, 1.54) is 6.07 Å². The lowest BCUT2D eigenvalue weighted by Gasteiger charge is -2.47. The summed E-state index contributed by atoms with van der Waals surface area (Å²) in [6.45, 7) is 5.75. The third-order valence-corrected chi connectivity index (χ3v) is 7.82. The fourth-order valence-corrected chi connectivity index (χ4v) is 5.66. The SMILES string of the molecule is Cc1cc2c(cc1C(CN1CCN3C[C@@H](c4ccc(F)c(C#N)c4C)OC[C@@H]3C1)OC(=O)C(F)(F)F)COC2=O. The maximum Gasteiger partial charge on any atom is 0.490 e. The molecule has 12 heteroatoms. The van der Waals surface area contributed by atoms with E-state index >= 15 is 0 Å². The number of esters is 2. The summed E-state index contributed by atoms with van der Waals surface area (Å²) in [4.78, 5) is 27.9. The average Bonchev–Trinajstić information content (AvgIpc) is 3.26. The predicted molar refractivity (Wildman–Crippen MR) is 132 cm³/mol. The number of cyclic esters (lactones) is 1. The summed E-state index contributed by atoms with van der Waals surface area (Å²) >= 11 is 0. The standard InChI is InChI=1S/C28H27F4N3O5/c1-15-7-21-17(13-39-26(21)36)8-20(15)25(40-27(37)28(30,31)32)11-34-5-6-35-12-24(38-14-18(35)10-34)19-3-4-23(29)22(9-33)16(19)2/h3-4,7-8,18,24-25H,5-6,10-14H2,1-2H3/t18-,24-,25?/m0/s1. The summed E-state index contributed by atoms with van der Waals surface area (Å²) in [5.41, 5.74) is 3.06. The number of piperazine rings is 1. The monoisotopic (exact) mass is 561 g/mol. The van der Waals surface area contributed by atoms with Crippen LogP contribution in [0, 0.1) is 31.0 Å². The van der Waals surface area contributed by atoms with Crippen LogP contribution in [-0.2, 0) is 25.6 Å². The predicted octanol–water partition coefficient (Wildman–Crippen LogP) is 3.89. The maximum absolute atomic E-state index is 14.0. The van der Waals surface area contributed by atoms with E-state index < -0.39 is 30.0 Å². The van der Waals surface area contributed by atoms with E-state index in [1.807, 2.05) is 11.0 Å². The number of alkyl halides is 3. The molecule has 0 amide bonds. The molecular weight excluding hydrogens is 534 g/mol. The van der Waals surface area contributed by atoms with Gasteiger partial charge in [0, 0.05) is 44.3 Å². The molecule has 3 heterocycles. The van der Waals surface area contributed by atoms with Crippen molar-refractivity contribution >= 4 is 11.9 Å². The molecule has 0 saturated carbocycles. The summed E-state index contributed by atoms with van der Waals surface area (Å²) in [6.07, 6.45) is -6.73. The van der Waals surface area contributed by atoms with Crippen molar-refractivity contribution in [3.63, 3.8) is 0 Å². The highest BCUT2D eigenvalue weighted by atomic mass is 19.4. The van der Waals surface area contributed by atoms with E-state index in [9.17, 15) is 32.4 Å². The lowest BCUT2D eigenvalue weighted by molar-refractivity contribution is -0.206. The molecular formula is C28H27F4N3O5. The van der Waals surface area contributed by atoms with Gasteiger partial charge in [-0.25, -0.2) is 14.0 Å². The van der Waals surface area contributed by atoms with Gasteiger partial charge >= 0.3 is 18.1 Å². The van der Waals surface area contributed by atoms with Crippen LogP contribution in [0.15, 0.2) is 24.3 Å². The van der Waals surface area contributed by atoms with Crippen LogP contribution in [0.1, 0.15) is 55.9 Å². The molecule has 2 fully saturated rings. The topological polar surface area (TPSA) is 92.1 Å². The van der Waals surface area contributed by atoms with E-state index in [0.29, 0.717) is 60.6 Å². The molecule has 3 aliphatic heterocycles. The summed E-state index contributed by atoms with van der Waals surface area (Å²) in [5, 5.41) is 9.31. The molecule has 1 unspecified atom stereocenters. The number of carbonyl (C=O) groups excluding carboxylic acids is 2. The number of rotatable bonds is 5. The van der Waals surface area contributed by atoms with Crippen LogP contribution in [0.5, 0.6) is 0 Å². The Hall–Kier alpha value is -3.53. The minimum atomic E-state index is -5.16. The zero-order valence-corrected chi connectivity index (χ0v) is 21.9. The fraction of sp³-hybridized carbons (Fsp3) is 0.464. The first kappa shape index (κ1) is 28.0. The smallest absolute Gasteiger partial charge is 0.457 e. The summed E-state index contributed by atoms with van der Waals surface area (Å²) < 4.78 is 69.6. The van der Waals surface area contributed by atoms with Crippen molar-refractivity contribution in [2.24, 2.45) is 0 Å². The van der Waals surface area contributed by atoms with E-state index in [0.717, 1.165) is 5.56 Å². The quantitative estimate of drug-likeness (QED) is 0.401. The van der Waals surface area contributed by atoms with Crippen LogP contribution in [-0.4, -0.2) is 73.3 Å². The first-order valence-electron chi connectivity index (χ1n) is 12.8. The van der Waals surface area contributed by atoms with Gasteiger partial charge in [0.05, 0.1) is 23.8 Å². The number of fused-ring (bicyclic) bond motifs is 2. The van der Waals surface area contributed by atoms with E-state index in [-0.39, 0.29) is 30.9 Å². The Morgan fingerprint density at radius 2 is 2.00 bits per heavy atom. The summed E-state index contributed by atoms with van der Waals surface area (Å²) in [6, 6.07) is 7.86. The van der Waals surface area contributed by atoms with Gasteiger partial charge in [-0.15, -0.1) is 0 Å². The molecule has 212 valence electrons. The van der Waals surface area contributed by atoms with Crippen LogP contribution in [0.2, 0.25) is 0 Å². The van der Waals surface area contributed by atoms with Crippen LogP contribution in [0.3, 0.4) is 0 Å². The lowest BCUT2D eigenvalue weighted by Crippen LogP contribution is -2.59. The van der Waals surface area contributed by atoms with Crippen molar-refractivity contribution in [1.29, 1.82) is 5.26 Å². The van der Waals surface area contributed by atoms with Crippen LogP contribution in [0.25, 0.3) is 0 Å². The Labute approximate surface area is 228 Å². The van der Waals surface area contributed by atoms with Gasteiger partial charge in [-0.2, -0.15) is 18.4 Å². The van der Waals surface area contributed by atoms with Crippen molar-refractivity contribution in [1.82, 2.24) is 9.80 Å². The van der Waals surface area contributed by atoms with Gasteiger partial charge in [0.2, 0.25) is 0 Å². The molecule has 5 rings (SSSR count). The Morgan fingerprint density at radius 3 is 2.73 bits per heavy atom. The number of aryl methyl sites for hydroxylation is 1. The van der Waals surface area contributed by atoms with Crippen molar-refractivity contribution in [3.05, 3.63) is 69.0 Å². The molecule has 3 aliphatic rings. The molecule has 0 aromatic heterocycles. The van der Waals surface area contributed by atoms with Gasteiger partial charge in [-0.1, -0.05) is 6.07 Å². The van der Waals surface area contributed by atoms with Crippen molar-refractivity contribution in [2.45, 2.75) is 44.9 Å². The Kier molecular flexibility index (Phi) is 7.56. The Bertz CT molecular complexity index is 1390. The third kappa shape index (κ3) is 5.41. The Morgan fingerprint density at radius 1 is 1.23 bits per heavy atom. The molecule has 2 aromatic rings. The van der Waals surface area contributed by atoms with Gasteiger partial charge in [0.25, 0.3) is 0 Å². The number of hydrogen-bond acceptors (Lipinski definition) is 8. The van der Waals surface area contributed by atoms with Gasteiger partial charge < -0.3 is 14.2 Å². The van der Waals surface area contributed by atoms with Gasteiger partial charge in [0.1, 0.15) is 24.6 Å².